The van der Waals surface area contributed by atoms with Gasteiger partial charge in [0.2, 0.25) is 0 Å². The van der Waals surface area contributed by atoms with Crippen LogP contribution in [0.25, 0.3) is 0 Å². The second kappa shape index (κ2) is 12.7. The Balaban J connectivity index is 1.61. The van der Waals surface area contributed by atoms with Gasteiger partial charge in [0.05, 0.1) is 30.6 Å². The van der Waals surface area contributed by atoms with Crippen molar-refractivity contribution in [1.82, 2.24) is 0 Å². The summed E-state index contributed by atoms with van der Waals surface area (Å²) in [5.41, 5.74) is 4.00. The van der Waals surface area contributed by atoms with E-state index < -0.39 is 10.8 Å². The second-order valence-electron chi connectivity index (χ2n) is 7.01. The fourth-order valence-electron chi connectivity index (χ4n) is 2.77. The summed E-state index contributed by atoms with van der Waals surface area (Å²) < 4.78 is 24.2. The third-order valence-corrected chi connectivity index (χ3v) is 5.64. The Bertz CT molecular complexity index is 1050. The molecule has 0 amide bonds. The lowest BCUT2D eigenvalue weighted by atomic mass is 10.2. The van der Waals surface area contributed by atoms with Crippen LogP contribution in [0.5, 0.6) is 0 Å². The van der Waals surface area contributed by atoms with Gasteiger partial charge in [0, 0.05) is 15.9 Å². The first-order valence-electron chi connectivity index (χ1n) is 10.1. The van der Waals surface area contributed by atoms with Crippen molar-refractivity contribution in [2.24, 2.45) is 0 Å². The van der Waals surface area contributed by atoms with Crippen LogP contribution in [-0.4, -0.2) is 17.4 Å². The first-order chi connectivity index (χ1) is 15.2. The lowest BCUT2D eigenvalue weighted by Gasteiger charge is -2.05. The van der Waals surface area contributed by atoms with Crippen molar-refractivity contribution in [3.8, 4) is 11.8 Å². The van der Waals surface area contributed by atoms with Gasteiger partial charge in [-0.25, -0.2) is 4.21 Å². The van der Waals surface area contributed by atoms with Gasteiger partial charge in [-0.05, 0) is 30.2 Å². The zero-order valence-corrected chi connectivity index (χ0v) is 18.4. The minimum atomic E-state index is -1.29. The molecule has 0 heterocycles. The summed E-state index contributed by atoms with van der Waals surface area (Å²) in [6, 6.07) is 27.6. The zero-order chi connectivity index (χ0) is 21.7. The third-order valence-electron chi connectivity index (χ3n) is 4.41. The molecule has 0 N–H and O–H groups in total. The largest absolute Gasteiger partial charge is 0.371 e. The van der Waals surface area contributed by atoms with Crippen molar-refractivity contribution in [1.29, 1.82) is 0 Å². The number of ether oxygens (including phenoxy) is 2. The van der Waals surface area contributed by atoms with Crippen molar-refractivity contribution in [2.75, 3.05) is 13.2 Å². The summed E-state index contributed by atoms with van der Waals surface area (Å²) in [6.07, 6.45) is 0. The highest BCUT2D eigenvalue weighted by atomic mass is 32.2. The first-order valence-corrected chi connectivity index (χ1v) is 11.3. The van der Waals surface area contributed by atoms with Crippen LogP contribution in [0.1, 0.15) is 16.7 Å². The fraction of sp³-hybridized carbons (Fsp3) is 0.185. The van der Waals surface area contributed by atoms with Crippen LogP contribution in [-0.2, 0) is 33.5 Å². The van der Waals surface area contributed by atoms with Crippen molar-refractivity contribution in [3.63, 3.8) is 0 Å². The van der Waals surface area contributed by atoms with E-state index in [0.717, 1.165) is 21.6 Å². The Hall–Kier alpha value is -2.97. The molecule has 0 bridgehead atoms. The van der Waals surface area contributed by atoms with Gasteiger partial charge in [-0.3, -0.25) is 0 Å². The molecule has 0 radical (unpaired) electrons. The molecular formula is C27H26O3S. The summed E-state index contributed by atoms with van der Waals surface area (Å²) in [5, 5.41) is 1.67. The summed E-state index contributed by atoms with van der Waals surface area (Å²) in [5.74, 6) is 6.09. The van der Waals surface area contributed by atoms with Crippen LogP contribution >= 0.6 is 0 Å². The molecule has 3 rings (SSSR count). The van der Waals surface area contributed by atoms with Gasteiger partial charge in [-0.2, -0.15) is 0 Å². The Kier molecular flexibility index (Phi) is 9.28. The predicted molar refractivity (Wildman–Crippen MR) is 126 cm³/mol. The van der Waals surface area contributed by atoms with Gasteiger partial charge in [0.1, 0.15) is 6.61 Å². The van der Waals surface area contributed by atoms with Gasteiger partial charge in [0.25, 0.3) is 0 Å². The number of hydrogen-bond donors (Lipinski definition) is 0. The quantitative estimate of drug-likeness (QED) is 0.336. The predicted octanol–water partition coefficient (Wildman–Crippen LogP) is 5.42. The van der Waals surface area contributed by atoms with E-state index in [1.54, 1.807) is 5.41 Å². The minimum Gasteiger partial charge on any atom is -0.371 e. The van der Waals surface area contributed by atoms with Crippen LogP contribution < -0.4 is 0 Å². The molecule has 0 aliphatic heterocycles. The maximum Gasteiger partial charge on any atom is 0.108 e. The van der Waals surface area contributed by atoms with E-state index in [1.165, 1.54) is 0 Å². The zero-order valence-electron chi connectivity index (χ0n) is 17.6. The summed E-state index contributed by atoms with van der Waals surface area (Å²) in [7, 11) is -1.29. The molecule has 0 spiro atoms. The van der Waals surface area contributed by atoms with Crippen molar-refractivity contribution in [3.05, 3.63) is 113 Å². The molecule has 31 heavy (non-hydrogen) atoms. The van der Waals surface area contributed by atoms with E-state index in [4.69, 9.17) is 9.47 Å². The Morgan fingerprint density at radius 2 is 1.42 bits per heavy atom. The summed E-state index contributed by atoms with van der Waals surface area (Å²) >= 11 is 0. The Morgan fingerprint density at radius 1 is 0.839 bits per heavy atom. The number of rotatable bonds is 9. The van der Waals surface area contributed by atoms with E-state index >= 15 is 0 Å². The molecule has 0 aliphatic carbocycles. The van der Waals surface area contributed by atoms with Gasteiger partial charge >= 0.3 is 0 Å². The molecule has 3 aromatic rings. The molecule has 0 unspecified atom stereocenters. The van der Waals surface area contributed by atoms with Gasteiger partial charge in [-0.15, -0.1) is 0 Å². The Morgan fingerprint density at radius 3 is 2.03 bits per heavy atom. The number of benzene rings is 3. The molecule has 3 aromatic carbocycles. The molecule has 1 atom stereocenters. The van der Waals surface area contributed by atoms with Crippen LogP contribution in [0.2, 0.25) is 0 Å². The Labute approximate surface area is 187 Å². The normalized spacial score (nSPS) is 12.1. The highest BCUT2D eigenvalue weighted by Crippen LogP contribution is 2.12. The highest BCUT2D eigenvalue weighted by Gasteiger charge is 2.03. The molecule has 0 saturated heterocycles. The van der Waals surface area contributed by atoms with Crippen LogP contribution in [0.15, 0.2) is 101 Å². The summed E-state index contributed by atoms with van der Waals surface area (Å²) in [4.78, 5) is 0.744. The first kappa shape index (κ1) is 22.7. The molecule has 0 saturated carbocycles. The fourth-order valence-corrected chi connectivity index (χ4v) is 3.69. The minimum absolute atomic E-state index is 0.290. The molecule has 0 aromatic heterocycles. The smallest absolute Gasteiger partial charge is 0.108 e. The monoisotopic (exact) mass is 430 g/mol. The molecule has 3 nitrogen and oxygen atoms in total. The van der Waals surface area contributed by atoms with E-state index in [-0.39, 0.29) is 6.61 Å². The highest BCUT2D eigenvalue weighted by molar-refractivity contribution is 7.88. The van der Waals surface area contributed by atoms with Crippen molar-refractivity contribution >= 4 is 10.8 Å². The maximum absolute atomic E-state index is 12.8. The average Bonchev–Trinajstić information content (AvgIpc) is 2.80. The second-order valence-corrected chi connectivity index (χ2v) is 8.31. The molecule has 4 heteroatoms. The van der Waals surface area contributed by atoms with Crippen LogP contribution in [0.3, 0.4) is 0 Å². The third kappa shape index (κ3) is 8.35. The lowest BCUT2D eigenvalue weighted by molar-refractivity contribution is 0.144. The van der Waals surface area contributed by atoms with Crippen molar-refractivity contribution < 1.29 is 13.7 Å². The topological polar surface area (TPSA) is 35.5 Å². The number of aryl methyl sites for hydroxylation is 1. The molecular weight excluding hydrogens is 404 g/mol. The standard InChI is InChI=1S/C27H26O3S/c1-23-14-16-27(17-15-23)31(28)22-26(21-30-20-25-11-6-3-7-12-25)13-8-18-29-19-24-9-4-2-5-10-24/h2-7,9-12,14-17,22H,18-21H2,1H3/b26-22-/t31-/m1/s1. The summed E-state index contributed by atoms with van der Waals surface area (Å²) in [6.45, 7) is 3.57. The van der Waals surface area contributed by atoms with Gasteiger partial charge in [0.15, 0.2) is 0 Å². The lowest BCUT2D eigenvalue weighted by Crippen LogP contribution is -2.00. The van der Waals surface area contributed by atoms with E-state index in [0.29, 0.717) is 25.4 Å². The van der Waals surface area contributed by atoms with Crippen molar-refractivity contribution in [2.45, 2.75) is 25.0 Å². The van der Waals surface area contributed by atoms with E-state index in [2.05, 4.69) is 11.8 Å². The van der Waals surface area contributed by atoms with Gasteiger partial charge in [-0.1, -0.05) is 90.2 Å². The van der Waals surface area contributed by atoms with Gasteiger partial charge < -0.3 is 9.47 Å². The van der Waals surface area contributed by atoms with E-state index in [9.17, 15) is 4.21 Å². The molecule has 0 aliphatic rings. The molecule has 0 fully saturated rings. The van der Waals surface area contributed by atoms with E-state index in [1.807, 2.05) is 91.9 Å². The molecule has 158 valence electrons. The van der Waals surface area contributed by atoms with Crippen LogP contribution in [0, 0.1) is 18.8 Å². The average molecular weight is 431 g/mol. The number of hydrogen-bond acceptors (Lipinski definition) is 3. The maximum atomic E-state index is 12.8. The SMILES string of the molecule is Cc1ccc([S@](=O)/C=C(/C#CCOCc2ccccc2)COCc2ccccc2)cc1. The van der Waals surface area contributed by atoms with Crippen LogP contribution in [0.4, 0.5) is 0 Å².